The predicted molar refractivity (Wildman–Crippen MR) is 61.4 cm³/mol. The standard InChI is InChI=1S/2C4H9.2CNO.Sn/c2*1-3-4-2;2*2-1-3;/h2*1,3-4H2,2H3;;;/q;;2*-1;+2. The van der Waals surface area contributed by atoms with E-state index in [9.17, 15) is 9.59 Å². The van der Waals surface area contributed by atoms with Crippen LogP contribution < -0.4 is 0 Å². The molecule has 0 aliphatic heterocycles. The molecule has 5 heteroatoms. The van der Waals surface area contributed by atoms with Gasteiger partial charge in [-0.25, -0.2) is 0 Å². The van der Waals surface area contributed by atoms with Crippen LogP contribution in [0.4, 0.5) is 0 Å². The number of hydrogen-bond acceptors (Lipinski definition) is 4. The third kappa shape index (κ3) is 5.88. The molecule has 15 heavy (non-hydrogen) atoms. The maximum absolute atomic E-state index is 10.4. The zero-order valence-electron chi connectivity index (χ0n) is 9.45. The average Bonchev–Trinajstić information content (AvgIpc) is 2.24. The van der Waals surface area contributed by atoms with Crippen LogP contribution in [0, 0.1) is 0 Å². The van der Waals surface area contributed by atoms with Crippen molar-refractivity contribution in [1.82, 2.24) is 0 Å². The third-order valence-electron chi connectivity index (χ3n) is 2.37. The van der Waals surface area contributed by atoms with E-state index in [1.54, 1.807) is 12.2 Å². The molecule has 0 aromatic carbocycles. The summed E-state index contributed by atoms with van der Waals surface area (Å²) in [6.07, 6.45) is 7.25. The zero-order chi connectivity index (χ0) is 11.6. The van der Waals surface area contributed by atoms with Gasteiger partial charge in [0, 0.05) is 0 Å². The van der Waals surface area contributed by atoms with Gasteiger partial charge in [0.2, 0.25) is 0 Å². The van der Waals surface area contributed by atoms with Crippen molar-refractivity contribution in [2.24, 2.45) is 6.43 Å². The van der Waals surface area contributed by atoms with Crippen molar-refractivity contribution in [3.63, 3.8) is 0 Å². The fraction of sp³-hybridized carbons (Fsp3) is 0.800. The van der Waals surface area contributed by atoms with Crippen LogP contribution in [-0.4, -0.2) is 31.1 Å². The van der Waals surface area contributed by atoms with Crippen LogP contribution in [0.1, 0.15) is 39.5 Å². The van der Waals surface area contributed by atoms with Gasteiger partial charge in [-0.1, -0.05) is 0 Å². The SMILES string of the molecule is CCC[CH2][Sn]([CH2]CCC)([N]=C=O)[N]=C=O. The van der Waals surface area contributed by atoms with Crippen molar-refractivity contribution in [3.8, 4) is 0 Å². The summed E-state index contributed by atoms with van der Waals surface area (Å²) < 4.78 is 9.45. The van der Waals surface area contributed by atoms with Crippen LogP contribution in [0.3, 0.4) is 0 Å². The summed E-state index contributed by atoms with van der Waals surface area (Å²) in [6.45, 7) is 4.15. The van der Waals surface area contributed by atoms with Gasteiger partial charge in [0.1, 0.15) is 0 Å². The van der Waals surface area contributed by atoms with Crippen molar-refractivity contribution < 1.29 is 9.59 Å². The van der Waals surface area contributed by atoms with Gasteiger partial charge in [-0.05, 0) is 0 Å². The Kier molecular flexibility index (Phi) is 8.57. The second kappa shape index (κ2) is 8.83. The summed E-state index contributed by atoms with van der Waals surface area (Å²) in [4.78, 5) is 20.8. The molecule has 0 aromatic rings. The molecule has 0 aromatic heterocycles. The predicted octanol–water partition coefficient (Wildman–Crippen LogP) is 2.70. The van der Waals surface area contributed by atoms with Crippen LogP contribution in [-0.2, 0) is 9.59 Å². The second-order valence-electron chi connectivity index (χ2n) is 3.60. The Morgan fingerprint density at radius 2 is 1.33 bits per heavy atom. The summed E-state index contributed by atoms with van der Waals surface area (Å²) in [7, 11) is 0. The summed E-state index contributed by atoms with van der Waals surface area (Å²) in [5.74, 6) is 0. The van der Waals surface area contributed by atoms with Crippen molar-refractivity contribution in [3.05, 3.63) is 0 Å². The number of hydrogen-bond donors (Lipinski definition) is 0. The van der Waals surface area contributed by atoms with E-state index in [1.165, 1.54) is 0 Å². The Morgan fingerprint density at radius 3 is 1.60 bits per heavy atom. The minimum atomic E-state index is -3.22. The van der Waals surface area contributed by atoms with E-state index < -0.39 is 18.9 Å². The van der Waals surface area contributed by atoms with Gasteiger partial charge in [-0.3, -0.25) is 0 Å². The van der Waals surface area contributed by atoms with E-state index >= 15 is 0 Å². The monoisotopic (exact) mass is 318 g/mol. The molecule has 0 radical (unpaired) electrons. The number of unbranched alkanes of at least 4 members (excludes halogenated alkanes) is 2. The Hall–Kier alpha value is -0.441. The first kappa shape index (κ1) is 14.6. The molecule has 0 rings (SSSR count). The van der Waals surface area contributed by atoms with Crippen LogP contribution in [0.2, 0.25) is 8.87 Å². The van der Waals surface area contributed by atoms with Crippen molar-refractivity contribution in [1.29, 1.82) is 0 Å². The second-order valence-corrected chi connectivity index (χ2v) is 13.3. The molecule has 0 atom stereocenters. The Labute approximate surface area is 95.5 Å². The molecule has 0 fully saturated rings. The minimum absolute atomic E-state index is 0.829. The van der Waals surface area contributed by atoms with E-state index in [-0.39, 0.29) is 0 Å². The molecule has 0 unspecified atom stereocenters. The third-order valence-corrected chi connectivity index (χ3v) is 11.9. The molecule has 0 saturated heterocycles. The fourth-order valence-electron chi connectivity index (χ4n) is 1.46. The van der Waals surface area contributed by atoms with Crippen LogP contribution in [0.5, 0.6) is 0 Å². The summed E-state index contributed by atoms with van der Waals surface area (Å²) in [6, 6.07) is 0. The summed E-state index contributed by atoms with van der Waals surface area (Å²) >= 11 is -3.22. The molecule has 0 aliphatic carbocycles. The first-order chi connectivity index (χ1) is 7.24. The van der Waals surface area contributed by atoms with Gasteiger partial charge >= 0.3 is 95.5 Å². The average molecular weight is 317 g/mol. The van der Waals surface area contributed by atoms with Gasteiger partial charge in [0.05, 0.1) is 0 Å². The van der Waals surface area contributed by atoms with Gasteiger partial charge in [-0.15, -0.1) is 0 Å². The first-order valence-corrected chi connectivity index (χ1v) is 12.0. The number of nitrogens with zero attached hydrogens (tertiary/aromatic N) is 2. The van der Waals surface area contributed by atoms with E-state index in [1.807, 2.05) is 0 Å². The molecular formula is C10H18N2O2Sn. The van der Waals surface area contributed by atoms with E-state index in [4.69, 9.17) is 0 Å². The van der Waals surface area contributed by atoms with E-state index in [0.717, 1.165) is 34.6 Å². The normalized spacial score (nSPS) is 10.3. The summed E-state index contributed by atoms with van der Waals surface area (Å²) in [5, 5.41) is 0. The quantitative estimate of drug-likeness (QED) is 0.393. The molecule has 0 spiro atoms. The first-order valence-electron chi connectivity index (χ1n) is 5.42. The van der Waals surface area contributed by atoms with Gasteiger partial charge in [0.15, 0.2) is 0 Å². The molecular weight excluding hydrogens is 299 g/mol. The molecule has 0 heterocycles. The number of carbonyl (C=O) groups excluding carboxylic acids is 2. The fourth-order valence-corrected chi connectivity index (χ4v) is 9.82. The molecule has 0 saturated carbocycles. The summed E-state index contributed by atoms with van der Waals surface area (Å²) in [5.41, 5.74) is 0. The van der Waals surface area contributed by atoms with Crippen molar-refractivity contribution in [2.45, 2.75) is 48.4 Å². The Morgan fingerprint density at radius 1 is 0.933 bits per heavy atom. The van der Waals surface area contributed by atoms with Gasteiger partial charge in [0.25, 0.3) is 0 Å². The van der Waals surface area contributed by atoms with E-state index in [2.05, 4.69) is 20.3 Å². The number of rotatable bonds is 8. The van der Waals surface area contributed by atoms with E-state index in [0.29, 0.717) is 0 Å². The topological polar surface area (TPSA) is 58.9 Å². The van der Waals surface area contributed by atoms with Crippen LogP contribution in [0.25, 0.3) is 0 Å². The molecule has 0 bridgehead atoms. The van der Waals surface area contributed by atoms with Crippen LogP contribution >= 0.6 is 0 Å². The van der Waals surface area contributed by atoms with Gasteiger partial charge < -0.3 is 0 Å². The van der Waals surface area contributed by atoms with Crippen molar-refractivity contribution >= 4 is 31.1 Å². The Balaban J connectivity index is 4.70. The molecule has 4 nitrogen and oxygen atoms in total. The van der Waals surface area contributed by atoms with Crippen molar-refractivity contribution in [2.75, 3.05) is 0 Å². The zero-order valence-corrected chi connectivity index (χ0v) is 12.3. The molecule has 0 aliphatic rings. The molecule has 0 N–H and O–H groups in total. The van der Waals surface area contributed by atoms with Gasteiger partial charge in [-0.2, -0.15) is 0 Å². The van der Waals surface area contributed by atoms with Crippen LogP contribution in [0.15, 0.2) is 6.43 Å². The molecule has 0 amide bonds. The number of isocyanates is 2. The maximum atomic E-state index is 10.4. The Bertz CT molecular complexity index is 241. The molecule has 84 valence electrons.